The quantitative estimate of drug-likeness (QED) is 0.634. The van der Waals surface area contributed by atoms with E-state index in [1.807, 2.05) is 30.3 Å². The van der Waals surface area contributed by atoms with Gasteiger partial charge in [-0.1, -0.05) is 59.3 Å². The highest BCUT2D eigenvalue weighted by atomic mass is 35.5. The Bertz CT molecular complexity index is 941. The van der Waals surface area contributed by atoms with Gasteiger partial charge in [0.1, 0.15) is 4.88 Å². The number of halogens is 1. The van der Waals surface area contributed by atoms with Crippen molar-refractivity contribution in [3.05, 3.63) is 70.1 Å². The summed E-state index contributed by atoms with van der Waals surface area (Å²) in [7, 11) is 0. The van der Waals surface area contributed by atoms with Crippen molar-refractivity contribution in [3.63, 3.8) is 0 Å². The number of amides is 1. The second kappa shape index (κ2) is 8.12. The maximum absolute atomic E-state index is 12.4. The zero-order valence-electron chi connectivity index (χ0n) is 13.9. The summed E-state index contributed by atoms with van der Waals surface area (Å²) in [5.74, 6) is -0.816. The molecule has 0 saturated heterocycles. The van der Waals surface area contributed by atoms with Gasteiger partial charge >= 0.3 is 5.97 Å². The number of nitrogens with zero attached hydrogens (tertiary/aromatic N) is 1. The number of rotatable bonds is 5. The van der Waals surface area contributed by atoms with E-state index in [4.69, 9.17) is 16.3 Å². The number of anilines is 1. The largest absolute Gasteiger partial charge is 0.462 e. The number of nitrogens with one attached hydrogen (secondary N) is 1. The molecule has 1 amide bonds. The number of hydrogen-bond donors (Lipinski definition) is 1. The molecule has 132 valence electrons. The van der Waals surface area contributed by atoms with E-state index in [-0.39, 0.29) is 12.5 Å². The highest BCUT2D eigenvalue weighted by molar-refractivity contribution is 7.18. The lowest BCUT2D eigenvalue weighted by atomic mass is 10.1. The van der Waals surface area contributed by atoms with Crippen molar-refractivity contribution in [3.8, 4) is 11.3 Å². The molecule has 0 saturated carbocycles. The normalized spacial score (nSPS) is 10.4. The second-order valence-electron chi connectivity index (χ2n) is 5.25. The number of benzene rings is 2. The molecule has 0 unspecified atom stereocenters. The molecule has 3 rings (SSSR count). The van der Waals surface area contributed by atoms with Gasteiger partial charge < -0.3 is 4.74 Å². The maximum atomic E-state index is 12.4. The van der Waals surface area contributed by atoms with Crippen LogP contribution >= 0.6 is 22.9 Å². The Morgan fingerprint density at radius 3 is 2.62 bits per heavy atom. The van der Waals surface area contributed by atoms with E-state index in [0.29, 0.717) is 26.3 Å². The van der Waals surface area contributed by atoms with Crippen LogP contribution in [0.15, 0.2) is 54.6 Å². The molecule has 1 N–H and O–H groups in total. The van der Waals surface area contributed by atoms with E-state index in [9.17, 15) is 9.59 Å². The fourth-order valence-electron chi connectivity index (χ4n) is 2.30. The molecule has 2 aromatic carbocycles. The van der Waals surface area contributed by atoms with Crippen LogP contribution in [0.25, 0.3) is 11.3 Å². The summed E-state index contributed by atoms with van der Waals surface area (Å²) in [5, 5.41) is 3.50. The van der Waals surface area contributed by atoms with Crippen LogP contribution < -0.4 is 5.32 Å². The van der Waals surface area contributed by atoms with Gasteiger partial charge in [-0.25, -0.2) is 9.78 Å². The Hall–Kier alpha value is -2.70. The first-order valence-electron chi connectivity index (χ1n) is 7.88. The van der Waals surface area contributed by atoms with Gasteiger partial charge in [0.15, 0.2) is 5.13 Å². The molecule has 26 heavy (non-hydrogen) atoms. The molecule has 7 heteroatoms. The second-order valence-corrected chi connectivity index (χ2v) is 6.68. The number of carbonyl (C=O) groups excluding carboxylic acids is 2. The predicted molar refractivity (Wildman–Crippen MR) is 103 cm³/mol. The lowest BCUT2D eigenvalue weighted by Gasteiger charge is -2.02. The highest BCUT2D eigenvalue weighted by Gasteiger charge is 2.21. The van der Waals surface area contributed by atoms with Crippen molar-refractivity contribution in [2.75, 3.05) is 11.9 Å². The summed E-state index contributed by atoms with van der Waals surface area (Å²) in [5.41, 5.74) is 1.66. The molecular formula is C19H15ClN2O3S. The summed E-state index contributed by atoms with van der Waals surface area (Å²) in [6.07, 6.45) is 0. The molecule has 0 aliphatic carbocycles. The van der Waals surface area contributed by atoms with E-state index < -0.39 is 5.97 Å². The van der Waals surface area contributed by atoms with E-state index in [2.05, 4.69) is 10.3 Å². The summed E-state index contributed by atoms with van der Waals surface area (Å²) in [6, 6.07) is 15.9. The van der Waals surface area contributed by atoms with Gasteiger partial charge in [-0.2, -0.15) is 0 Å². The molecule has 0 spiro atoms. The van der Waals surface area contributed by atoms with E-state index in [1.165, 1.54) is 0 Å². The number of hydrogen-bond acceptors (Lipinski definition) is 5. The highest BCUT2D eigenvalue weighted by Crippen LogP contribution is 2.32. The zero-order chi connectivity index (χ0) is 18.5. The van der Waals surface area contributed by atoms with Gasteiger partial charge in [0.25, 0.3) is 5.91 Å². The number of thiazole rings is 1. The number of carbonyl (C=O) groups is 2. The van der Waals surface area contributed by atoms with Gasteiger partial charge in [-0.05, 0) is 25.1 Å². The van der Waals surface area contributed by atoms with Crippen LogP contribution in [-0.4, -0.2) is 23.5 Å². The summed E-state index contributed by atoms with van der Waals surface area (Å²) in [6.45, 7) is 2.00. The molecule has 0 radical (unpaired) electrons. The van der Waals surface area contributed by atoms with Crippen LogP contribution in [0.2, 0.25) is 5.02 Å². The van der Waals surface area contributed by atoms with Gasteiger partial charge in [-0.3, -0.25) is 10.1 Å². The third-order valence-electron chi connectivity index (χ3n) is 3.44. The Morgan fingerprint density at radius 1 is 1.15 bits per heavy atom. The van der Waals surface area contributed by atoms with Crippen molar-refractivity contribution in [2.24, 2.45) is 0 Å². The van der Waals surface area contributed by atoms with Gasteiger partial charge in [0, 0.05) is 16.1 Å². The number of ether oxygens (including phenoxy) is 1. The van der Waals surface area contributed by atoms with Gasteiger partial charge in [0.2, 0.25) is 0 Å². The summed E-state index contributed by atoms with van der Waals surface area (Å²) >= 11 is 7.00. The van der Waals surface area contributed by atoms with E-state index in [0.717, 1.165) is 16.9 Å². The molecule has 0 bridgehead atoms. The van der Waals surface area contributed by atoms with Crippen molar-refractivity contribution in [2.45, 2.75) is 6.92 Å². The predicted octanol–water partition coefficient (Wildman–Crippen LogP) is 4.89. The van der Waals surface area contributed by atoms with Gasteiger partial charge in [0.05, 0.1) is 12.3 Å². The molecule has 0 aliphatic heterocycles. The molecule has 0 atom stereocenters. The SMILES string of the molecule is CCOC(=O)c1sc(NC(=O)c2cccc(Cl)c2)nc1-c1ccccc1. The number of esters is 1. The standard InChI is InChI=1S/C19H15ClN2O3S/c1-2-25-18(24)16-15(12-7-4-3-5-8-12)21-19(26-16)22-17(23)13-9-6-10-14(20)11-13/h3-11H,2H2,1H3,(H,21,22,23). The van der Waals surface area contributed by atoms with Crippen LogP contribution in [0.5, 0.6) is 0 Å². The lowest BCUT2D eigenvalue weighted by molar-refractivity contribution is 0.0532. The van der Waals surface area contributed by atoms with Crippen molar-refractivity contribution >= 4 is 39.9 Å². The topological polar surface area (TPSA) is 68.3 Å². The minimum atomic E-state index is -0.466. The van der Waals surface area contributed by atoms with Crippen LogP contribution in [0.1, 0.15) is 27.0 Å². The Morgan fingerprint density at radius 2 is 1.92 bits per heavy atom. The minimum Gasteiger partial charge on any atom is -0.462 e. The third kappa shape index (κ3) is 4.09. The first kappa shape index (κ1) is 18.1. The van der Waals surface area contributed by atoms with Crippen LogP contribution in [0.3, 0.4) is 0 Å². The molecule has 0 aliphatic rings. The van der Waals surface area contributed by atoms with Gasteiger partial charge in [-0.15, -0.1) is 0 Å². The van der Waals surface area contributed by atoms with Crippen LogP contribution in [0, 0.1) is 0 Å². The molecular weight excluding hydrogens is 372 g/mol. The first-order valence-corrected chi connectivity index (χ1v) is 9.08. The molecule has 1 aromatic heterocycles. The van der Waals surface area contributed by atoms with Crippen LogP contribution in [0.4, 0.5) is 5.13 Å². The van der Waals surface area contributed by atoms with Crippen molar-refractivity contribution in [1.82, 2.24) is 4.98 Å². The minimum absolute atomic E-state index is 0.259. The zero-order valence-corrected chi connectivity index (χ0v) is 15.4. The smallest absolute Gasteiger partial charge is 0.350 e. The Balaban J connectivity index is 1.93. The monoisotopic (exact) mass is 386 g/mol. The molecule has 1 heterocycles. The first-order chi connectivity index (χ1) is 12.6. The average Bonchev–Trinajstić information content (AvgIpc) is 3.06. The van der Waals surface area contributed by atoms with Crippen molar-refractivity contribution in [1.29, 1.82) is 0 Å². The summed E-state index contributed by atoms with van der Waals surface area (Å²) < 4.78 is 5.11. The van der Waals surface area contributed by atoms with E-state index in [1.54, 1.807) is 31.2 Å². The number of aromatic nitrogens is 1. The molecule has 5 nitrogen and oxygen atoms in total. The lowest BCUT2D eigenvalue weighted by Crippen LogP contribution is -2.11. The fourth-order valence-corrected chi connectivity index (χ4v) is 3.37. The third-order valence-corrected chi connectivity index (χ3v) is 4.63. The Labute approximate surface area is 159 Å². The molecule has 0 fully saturated rings. The average molecular weight is 387 g/mol. The van der Waals surface area contributed by atoms with E-state index >= 15 is 0 Å². The Kier molecular flexibility index (Phi) is 5.65. The van der Waals surface area contributed by atoms with Crippen LogP contribution in [-0.2, 0) is 4.74 Å². The van der Waals surface area contributed by atoms with Crippen molar-refractivity contribution < 1.29 is 14.3 Å². The summed E-state index contributed by atoms with van der Waals surface area (Å²) in [4.78, 5) is 29.4. The fraction of sp³-hybridized carbons (Fsp3) is 0.105. The molecule has 3 aromatic rings. The maximum Gasteiger partial charge on any atom is 0.350 e.